The molecule has 2 aliphatic rings. The Balaban J connectivity index is 0.00000225. The Morgan fingerprint density at radius 3 is 2.72 bits per heavy atom. The van der Waals surface area contributed by atoms with Crippen LogP contribution in [0.3, 0.4) is 0 Å². The Morgan fingerprint density at radius 2 is 2.00 bits per heavy atom. The third-order valence-electron chi connectivity index (χ3n) is 4.95. The van der Waals surface area contributed by atoms with E-state index in [0.717, 1.165) is 57.8 Å². The van der Waals surface area contributed by atoms with Crippen molar-refractivity contribution in [3.05, 3.63) is 29.8 Å². The van der Waals surface area contributed by atoms with Gasteiger partial charge in [-0.3, -0.25) is 4.99 Å². The van der Waals surface area contributed by atoms with E-state index in [1.54, 1.807) is 0 Å². The van der Waals surface area contributed by atoms with Crippen LogP contribution in [0.5, 0.6) is 0 Å². The summed E-state index contributed by atoms with van der Waals surface area (Å²) in [5, 5.41) is 3.57. The summed E-state index contributed by atoms with van der Waals surface area (Å²) in [7, 11) is 1.88. The van der Waals surface area contributed by atoms with Crippen LogP contribution in [0.25, 0.3) is 0 Å². The van der Waals surface area contributed by atoms with Crippen molar-refractivity contribution in [3.63, 3.8) is 0 Å². The number of hydrogen-bond donors (Lipinski definition) is 1. The molecule has 5 nitrogen and oxygen atoms in total. The first-order valence-corrected chi connectivity index (χ1v) is 9.14. The van der Waals surface area contributed by atoms with E-state index >= 15 is 0 Å². The number of anilines is 1. The number of rotatable bonds is 3. The molecule has 0 bridgehead atoms. The van der Waals surface area contributed by atoms with Gasteiger partial charge >= 0.3 is 0 Å². The molecule has 2 aliphatic heterocycles. The molecule has 2 heterocycles. The van der Waals surface area contributed by atoms with Crippen LogP contribution in [0, 0.1) is 5.92 Å². The molecule has 3 rings (SSSR count). The number of hydrogen-bond acceptors (Lipinski definition) is 3. The summed E-state index contributed by atoms with van der Waals surface area (Å²) in [5.41, 5.74) is 2.64. The van der Waals surface area contributed by atoms with Gasteiger partial charge in [-0.15, -0.1) is 24.0 Å². The summed E-state index contributed by atoms with van der Waals surface area (Å²) in [6.07, 6.45) is 2.58. The Hall–Kier alpha value is -1.02. The summed E-state index contributed by atoms with van der Waals surface area (Å²) in [4.78, 5) is 9.32. The molecule has 0 aliphatic carbocycles. The van der Waals surface area contributed by atoms with Crippen LogP contribution in [0.1, 0.15) is 25.3 Å². The van der Waals surface area contributed by atoms with Gasteiger partial charge in [-0.25, -0.2) is 0 Å². The van der Waals surface area contributed by atoms with Crippen molar-refractivity contribution < 1.29 is 4.74 Å². The van der Waals surface area contributed by atoms with Crippen molar-refractivity contribution in [3.8, 4) is 0 Å². The zero-order valence-electron chi connectivity index (χ0n) is 15.4. The largest absolute Gasteiger partial charge is 0.378 e. The maximum Gasteiger partial charge on any atom is 0.193 e. The maximum absolute atomic E-state index is 5.48. The van der Waals surface area contributed by atoms with Crippen LogP contribution in [0.4, 0.5) is 5.69 Å². The normalized spacial score (nSPS) is 21.7. The zero-order chi connectivity index (χ0) is 16.8. The number of halogens is 1. The highest BCUT2D eigenvalue weighted by Crippen LogP contribution is 2.22. The number of guanidine groups is 1. The average Bonchev–Trinajstić information content (AvgIpc) is 2.63. The number of nitrogens with one attached hydrogen (secondary N) is 1. The third kappa shape index (κ3) is 5.48. The van der Waals surface area contributed by atoms with E-state index in [1.165, 1.54) is 24.1 Å². The van der Waals surface area contributed by atoms with Gasteiger partial charge in [0.25, 0.3) is 0 Å². The lowest BCUT2D eigenvalue weighted by Crippen LogP contribution is -2.46. The molecule has 1 unspecified atom stereocenters. The predicted octanol–water partition coefficient (Wildman–Crippen LogP) is 2.95. The first-order valence-electron chi connectivity index (χ1n) is 9.14. The van der Waals surface area contributed by atoms with Gasteiger partial charge < -0.3 is 19.9 Å². The van der Waals surface area contributed by atoms with Gasteiger partial charge in [-0.1, -0.05) is 25.1 Å². The lowest BCUT2D eigenvalue weighted by molar-refractivity contribution is 0.122. The minimum absolute atomic E-state index is 0. The number of aliphatic imine (C=N–C) groups is 1. The fourth-order valence-corrected chi connectivity index (χ4v) is 3.66. The number of para-hydroxylation sites is 1. The van der Waals surface area contributed by atoms with E-state index in [-0.39, 0.29) is 24.0 Å². The molecule has 25 heavy (non-hydrogen) atoms. The molecule has 0 amide bonds. The van der Waals surface area contributed by atoms with Crippen LogP contribution >= 0.6 is 24.0 Å². The lowest BCUT2D eigenvalue weighted by atomic mass is 10.0. The van der Waals surface area contributed by atoms with Crippen molar-refractivity contribution in [2.75, 3.05) is 51.3 Å². The Labute approximate surface area is 168 Å². The highest BCUT2D eigenvalue weighted by atomic mass is 127. The van der Waals surface area contributed by atoms with Gasteiger partial charge in [0.05, 0.1) is 13.2 Å². The van der Waals surface area contributed by atoms with Crippen LogP contribution in [0.15, 0.2) is 29.3 Å². The Kier molecular flexibility index (Phi) is 8.29. The van der Waals surface area contributed by atoms with E-state index < -0.39 is 0 Å². The molecule has 6 heteroatoms. The Bertz CT molecular complexity index is 560. The minimum Gasteiger partial charge on any atom is -0.378 e. The van der Waals surface area contributed by atoms with Gasteiger partial charge in [0, 0.05) is 45.5 Å². The summed E-state index contributed by atoms with van der Waals surface area (Å²) in [5.74, 6) is 1.77. The average molecular weight is 458 g/mol. The first kappa shape index (κ1) is 20.3. The fourth-order valence-electron chi connectivity index (χ4n) is 3.66. The minimum atomic E-state index is 0. The molecule has 0 saturated carbocycles. The monoisotopic (exact) mass is 458 g/mol. The van der Waals surface area contributed by atoms with Crippen molar-refractivity contribution in [2.24, 2.45) is 10.9 Å². The fraction of sp³-hybridized carbons (Fsp3) is 0.632. The molecule has 0 spiro atoms. The smallest absolute Gasteiger partial charge is 0.193 e. The molecule has 140 valence electrons. The quantitative estimate of drug-likeness (QED) is 0.430. The van der Waals surface area contributed by atoms with Gasteiger partial charge in [0.2, 0.25) is 0 Å². The van der Waals surface area contributed by atoms with E-state index in [0.29, 0.717) is 0 Å². The summed E-state index contributed by atoms with van der Waals surface area (Å²) in [6.45, 7) is 8.91. The van der Waals surface area contributed by atoms with E-state index in [1.807, 2.05) is 7.05 Å². The molecule has 0 radical (unpaired) electrons. The summed E-state index contributed by atoms with van der Waals surface area (Å²) < 4.78 is 5.48. The predicted molar refractivity (Wildman–Crippen MR) is 115 cm³/mol. The molecule has 1 N–H and O–H groups in total. The van der Waals surface area contributed by atoms with E-state index in [4.69, 9.17) is 4.74 Å². The van der Waals surface area contributed by atoms with Gasteiger partial charge in [0.1, 0.15) is 0 Å². The van der Waals surface area contributed by atoms with Crippen LogP contribution in [-0.2, 0) is 11.3 Å². The topological polar surface area (TPSA) is 40.1 Å². The molecule has 1 aromatic carbocycles. The molecule has 1 atom stereocenters. The van der Waals surface area contributed by atoms with E-state index in [9.17, 15) is 0 Å². The number of benzene rings is 1. The first-order chi connectivity index (χ1) is 11.8. The summed E-state index contributed by atoms with van der Waals surface area (Å²) in [6, 6.07) is 8.67. The third-order valence-corrected chi connectivity index (χ3v) is 4.95. The SMILES string of the molecule is CN=C(NCc1ccccc1N1CCOCC1)N1CCCC(C)C1.I. The summed E-state index contributed by atoms with van der Waals surface area (Å²) >= 11 is 0. The second kappa shape index (κ2) is 10.2. The molecule has 2 saturated heterocycles. The zero-order valence-corrected chi connectivity index (χ0v) is 17.7. The molecule has 0 aromatic heterocycles. The standard InChI is InChI=1S/C19H30N4O.HI/c1-16-6-5-9-23(15-16)19(20-2)21-14-17-7-3-4-8-18(17)22-10-12-24-13-11-22;/h3-4,7-8,16H,5-6,9-15H2,1-2H3,(H,20,21);1H. The Morgan fingerprint density at radius 1 is 1.24 bits per heavy atom. The van der Waals surface area contributed by atoms with Crippen LogP contribution < -0.4 is 10.2 Å². The highest BCUT2D eigenvalue weighted by Gasteiger charge is 2.20. The van der Waals surface area contributed by atoms with Gasteiger partial charge in [0.15, 0.2) is 5.96 Å². The number of morpholine rings is 1. The van der Waals surface area contributed by atoms with E-state index in [2.05, 4.69) is 51.3 Å². The van der Waals surface area contributed by atoms with Crippen molar-refractivity contribution >= 4 is 35.6 Å². The molecular formula is C19H31IN4O. The highest BCUT2D eigenvalue weighted by molar-refractivity contribution is 14.0. The van der Waals surface area contributed by atoms with Crippen molar-refractivity contribution in [1.82, 2.24) is 10.2 Å². The molecule has 2 fully saturated rings. The van der Waals surface area contributed by atoms with Crippen molar-refractivity contribution in [2.45, 2.75) is 26.3 Å². The van der Waals surface area contributed by atoms with Gasteiger partial charge in [-0.05, 0) is 30.4 Å². The molecule has 1 aromatic rings. The number of likely N-dealkylation sites (tertiary alicyclic amines) is 1. The van der Waals surface area contributed by atoms with Crippen molar-refractivity contribution in [1.29, 1.82) is 0 Å². The van der Waals surface area contributed by atoms with Crippen LogP contribution in [-0.4, -0.2) is 57.3 Å². The second-order valence-electron chi connectivity index (χ2n) is 6.82. The lowest BCUT2D eigenvalue weighted by Gasteiger charge is -2.34. The maximum atomic E-state index is 5.48. The van der Waals surface area contributed by atoms with Gasteiger partial charge in [-0.2, -0.15) is 0 Å². The second-order valence-corrected chi connectivity index (χ2v) is 6.82. The number of ether oxygens (including phenoxy) is 1. The van der Waals surface area contributed by atoms with Crippen LogP contribution in [0.2, 0.25) is 0 Å². The number of piperidine rings is 1. The molecular weight excluding hydrogens is 427 g/mol. The number of nitrogens with zero attached hydrogens (tertiary/aromatic N) is 3.